The van der Waals surface area contributed by atoms with Gasteiger partial charge >= 0.3 is 6.03 Å². The highest BCUT2D eigenvalue weighted by molar-refractivity contribution is 9.10. The molecule has 1 heterocycles. The van der Waals surface area contributed by atoms with Crippen molar-refractivity contribution in [3.63, 3.8) is 0 Å². The van der Waals surface area contributed by atoms with Crippen LogP contribution in [-0.2, 0) is 0 Å². The van der Waals surface area contributed by atoms with E-state index in [1.54, 1.807) is 0 Å². The van der Waals surface area contributed by atoms with Gasteiger partial charge in [-0.05, 0) is 30.5 Å². The Morgan fingerprint density at radius 1 is 1.14 bits per heavy atom. The molecule has 4 nitrogen and oxygen atoms in total. The van der Waals surface area contributed by atoms with Crippen LogP contribution in [0, 0.1) is 5.92 Å². The minimum atomic E-state index is 0.0225. The molecule has 2 rings (SSSR count). The number of halogens is 1. The van der Waals surface area contributed by atoms with Gasteiger partial charge in [0, 0.05) is 37.2 Å². The predicted octanol–water partition coefficient (Wildman–Crippen LogP) is 3.49. The van der Waals surface area contributed by atoms with Gasteiger partial charge in [0.05, 0.1) is 6.04 Å². The smallest absolute Gasteiger partial charge is 0.317 e. The first-order chi connectivity index (χ1) is 10.5. The molecule has 1 atom stereocenters. The standard InChI is InChI=1S/C17H26BrN3O/c1-13(2)12-20-8-10-21(11-9-20)17(22)19-14(3)15-4-6-16(18)7-5-15/h4-7,13-14H,8-12H2,1-3H3,(H,19,22). The lowest BCUT2D eigenvalue weighted by Gasteiger charge is -2.36. The zero-order chi connectivity index (χ0) is 16.1. The van der Waals surface area contributed by atoms with Crippen molar-refractivity contribution in [3.05, 3.63) is 34.3 Å². The van der Waals surface area contributed by atoms with Gasteiger partial charge in [-0.1, -0.05) is 41.9 Å². The Kier molecular flexibility index (Phi) is 6.26. The Morgan fingerprint density at radius 2 is 1.73 bits per heavy atom. The molecule has 0 radical (unpaired) electrons. The molecule has 0 saturated carbocycles. The molecule has 1 aliphatic rings. The highest BCUT2D eigenvalue weighted by atomic mass is 79.9. The Balaban J connectivity index is 1.81. The maximum absolute atomic E-state index is 12.4. The van der Waals surface area contributed by atoms with Crippen LogP contribution in [0.5, 0.6) is 0 Å². The summed E-state index contributed by atoms with van der Waals surface area (Å²) in [5.41, 5.74) is 1.12. The lowest BCUT2D eigenvalue weighted by molar-refractivity contribution is 0.130. The van der Waals surface area contributed by atoms with Crippen LogP contribution in [0.15, 0.2) is 28.7 Å². The SMILES string of the molecule is CC(C)CN1CCN(C(=O)NC(C)c2ccc(Br)cc2)CC1. The average molecular weight is 368 g/mol. The Morgan fingerprint density at radius 3 is 2.27 bits per heavy atom. The molecule has 5 heteroatoms. The number of hydrogen-bond donors (Lipinski definition) is 1. The van der Waals surface area contributed by atoms with Crippen molar-refractivity contribution in [2.75, 3.05) is 32.7 Å². The summed E-state index contributed by atoms with van der Waals surface area (Å²) in [6.45, 7) is 11.2. The van der Waals surface area contributed by atoms with Crippen LogP contribution in [0.2, 0.25) is 0 Å². The van der Waals surface area contributed by atoms with Crippen LogP contribution in [0.4, 0.5) is 4.79 Å². The topological polar surface area (TPSA) is 35.6 Å². The molecule has 0 spiro atoms. The fourth-order valence-corrected chi connectivity index (χ4v) is 3.03. The monoisotopic (exact) mass is 367 g/mol. The third-order valence-corrected chi connectivity index (χ3v) is 4.52. The Hall–Kier alpha value is -1.07. The second kappa shape index (κ2) is 7.97. The lowest BCUT2D eigenvalue weighted by Crippen LogP contribution is -2.52. The van der Waals surface area contributed by atoms with Gasteiger partial charge in [0.1, 0.15) is 0 Å². The number of hydrogen-bond acceptors (Lipinski definition) is 2. The summed E-state index contributed by atoms with van der Waals surface area (Å²) in [7, 11) is 0. The van der Waals surface area contributed by atoms with Gasteiger partial charge in [0.15, 0.2) is 0 Å². The van der Waals surface area contributed by atoms with Gasteiger partial charge in [0.25, 0.3) is 0 Å². The van der Waals surface area contributed by atoms with Crippen molar-refractivity contribution >= 4 is 22.0 Å². The van der Waals surface area contributed by atoms with Crippen LogP contribution in [-0.4, -0.2) is 48.6 Å². The number of nitrogens with zero attached hydrogens (tertiary/aromatic N) is 2. The van der Waals surface area contributed by atoms with E-state index in [9.17, 15) is 4.79 Å². The van der Waals surface area contributed by atoms with E-state index in [4.69, 9.17) is 0 Å². The van der Waals surface area contributed by atoms with Crippen LogP contribution in [0.25, 0.3) is 0 Å². The number of carbonyl (C=O) groups is 1. The molecular weight excluding hydrogens is 342 g/mol. The first-order valence-corrected chi connectivity index (χ1v) is 8.78. The summed E-state index contributed by atoms with van der Waals surface area (Å²) in [5, 5.41) is 3.09. The molecule has 1 aromatic rings. The van der Waals surface area contributed by atoms with Gasteiger partial charge in [-0.25, -0.2) is 4.79 Å². The average Bonchev–Trinajstić information content (AvgIpc) is 2.48. The van der Waals surface area contributed by atoms with Crippen molar-refractivity contribution in [2.24, 2.45) is 5.92 Å². The second-order valence-corrected chi connectivity index (χ2v) is 7.32. The molecule has 1 unspecified atom stereocenters. The van der Waals surface area contributed by atoms with Gasteiger partial charge in [-0.3, -0.25) is 4.90 Å². The molecule has 1 fully saturated rings. The maximum atomic E-state index is 12.4. The Bertz CT molecular complexity index is 481. The summed E-state index contributed by atoms with van der Waals surface area (Å²) < 4.78 is 1.05. The Labute approximate surface area is 142 Å². The summed E-state index contributed by atoms with van der Waals surface area (Å²) in [4.78, 5) is 16.7. The van der Waals surface area contributed by atoms with Crippen molar-refractivity contribution in [1.29, 1.82) is 0 Å². The van der Waals surface area contributed by atoms with Crippen molar-refractivity contribution < 1.29 is 4.79 Å². The first kappa shape index (κ1) is 17.3. The van der Waals surface area contributed by atoms with Gasteiger partial charge < -0.3 is 10.2 Å². The quantitative estimate of drug-likeness (QED) is 0.883. The highest BCUT2D eigenvalue weighted by Gasteiger charge is 2.22. The predicted molar refractivity (Wildman–Crippen MR) is 93.9 cm³/mol. The molecular formula is C17H26BrN3O. The van der Waals surface area contributed by atoms with Gasteiger partial charge in [-0.2, -0.15) is 0 Å². The second-order valence-electron chi connectivity index (χ2n) is 6.40. The molecule has 1 saturated heterocycles. The van der Waals surface area contributed by atoms with Crippen LogP contribution >= 0.6 is 15.9 Å². The maximum Gasteiger partial charge on any atom is 0.317 e. The normalized spacial score (nSPS) is 17.6. The fourth-order valence-electron chi connectivity index (χ4n) is 2.76. The number of benzene rings is 1. The number of urea groups is 1. The highest BCUT2D eigenvalue weighted by Crippen LogP contribution is 2.17. The molecule has 1 aromatic carbocycles. The van der Waals surface area contributed by atoms with Gasteiger partial charge in [0.2, 0.25) is 0 Å². The molecule has 0 aliphatic carbocycles. The van der Waals surface area contributed by atoms with E-state index in [0.29, 0.717) is 5.92 Å². The number of nitrogens with one attached hydrogen (secondary N) is 1. The molecule has 0 bridgehead atoms. The fraction of sp³-hybridized carbons (Fsp3) is 0.588. The lowest BCUT2D eigenvalue weighted by atomic mass is 10.1. The van der Waals surface area contributed by atoms with E-state index in [2.05, 4.69) is 40.0 Å². The third kappa shape index (κ3) is 4.99. The largest absolute Gasteiger partial charge is 0.331 e. The molecule has 22 heavy (non-hydrogen) atoms. The van der Waals surface area contributed by atoms with E-state index in [0.717, 1.165) is 42.8 Å². The zero-order valence-electron chi connectivity index (χ0n) is 13.7. The molecule has 2 amide bonds. The summed E-state index contributed by atoms with van der Waals surface area (Å²) in [5.74, 6) is 0.679. The molecule has 0 aromatic heterocycles. The summed E-state index contributed by atoms with van der Waals surface area (Å²) in [6.07, 6.45) is 0. The number of rotatable bonds is 4. The minimum Gasteiger partial charge on any atom is -0.331 e. The number of piperazine rings is 1. The third-order valence-electron chi connectivity index (χ3n) is 3.99. The van der Waals surface area contributed by atoms with Crippen molar-refractivity contribution in [2.45, 2.75) is 26.8 Å². The molecule has 1 aliphatic heterocycles. The van der Waals surface area contributed by atoms with E-state index < -0.39 is 0 Å². The van der Waals surface area contributed by atoms with E-state index in [-0.39, 0.29) is 12.1 Å². The first-order valence-electron chi connectivity index (χ1n) is 7.99. The van der Waals surface area contributed by atoms with Crippen LogP contribution < -0.4 is 5.32 Å². The van der Waals surface area contributed by atoms with E-state index in [1.165, 1.54) is 0 Å². The van der Waals surface area contributed by atoms with Crippen LogP contribution in [0.1, 0.15) is 32.4 Å². The van der Waals surface area contributed by atoms with Gasteiger partial charge in [-0.15, -0.1) is 0 Å². The molecule has 1 N–H and O–H groups in total. The summed E-state index contributed by atoms with van der Waals surface area (Å²) >= 11 is 3.43. The summed E-state index contributed by atoms with van der Waals surface area (Å²) in [6, 6.07) is 8.14. The van der Waals surface area contributed by atoms with E-state index in [1.807, 2.05) is 36.1 Å². The minimum absolute atomic E-state index is 0.0225. The van der Waals surface area contributed by atoms with Crippen LogP contribution in [0.3, 0.4) is 0 Å². The number of amides is 2. The number of carbonyl (C=O) groups excluding carboxylic acids is 1. The molecule has 122 valence electrons. The van der Waals surface area contributed by atoms with E-state index >= 15 is 0 Å². The zero-order valence-corrected chi connectivity index (χ0v) is 15.3. The van der Waals surface area contributed by atoms with Crippen molar-refractivity contribution in [3.8, 4) is 0 Å². The van der Waals surface area contributed by atoms with Crippen molar-refractivity contribution in [1.82, 2.24) is 15.1 Å².